The van der Waals surface area contributed by atoms with Gasteiger partial charge >= 0.3 is 0 Å². The third-order valence-corrected chi connectivity index (χ3v) is 6.15. The van der Waals surface area contributed by atoms with E-state index in [4.69, 9.17) is 0 Å². The Kier molecular flexibility index (Phi) is 4.70. The molecule has 27 heavy (non-hydrogen) atoms. The van der Waals surface area contributed by atoms with Gasteiger partial charge in [-0.15, -0.1) is 0 Å². The molecule has 0 unspecified atom stereocenters. The number of amides is 1. The molecule has 1 N–H and O–H groups in total. The van der Waals surface area contributed by atoms with Crippen molar-refractivity contribution in [3.8, 4) is 0 Å². The van der Waals surface area contributed by atoms with Gasteiger partial charge in [-0.05, 0) is 62.3 Å². The highest BCUT2D eigenvalue weighted by Crippen LogP contribution is 2.34. The normalized spacial score (nSPS) is 19.6. The minimum atomic E-state index is -0.236. The summed E-state index contributed by atoms with van der Waals surface area (Å²) in [5, 5.41) is 0. The minimum absolute atomic E-state index is 0.00170. The van der Waals surface area contributed by atoms with Gasteiger partial charge in [0.2, 0.25) is 0 Å². The monoisotopic (exact) mass is 367 g/mol. The lowest BCUT2D eigenvalue weighted by Gasteiger charge is -2.39. The average molecular weight is 367 g/mol. The van der Waals surface area contributed by atoms with E-state index in [2.05, 4.69) is 42.5 Å². The predicted molar refractivity (Wildman–Crippen MR) is 106 cm³/mol. The Balaban J connectivity index is 1.72. The van der Waals surface area contributed by atoms with E-state index in [1.807, 2.05) is 11.0 Å². The highest BCUT2D eigenvalue weighted by Gasteiger charge is 2.35. The van der Waals surface area contributed by atoms with Gasteiger partial charge in [-0.3, -0.25) is 9.59 Å². The molecule has 1 amide bonds. The van der Waals surface area contributed by atoms with E-state index in [0.717, 1.165) is 43.5 Å². The lowest BCUT2D eigenvalue weighted by atomic mass is 9.96. The molecule has 0 spiro atoms. The number of aromatic nitrogens is 2. The molecule has 0 saturated carbocycles. The molecule has 3 heterocycles. The van der Waals surface area contributed by atoms with Crippen molar-refractivity contribution in [3.05, 3.63) is 56.8 Å². The SMILES string of the molecule is Cc1ccc2n1CCN(C(=O)c1cc3c([nH]c1=O)CCCCC3)[C@@H]2C(C)C. The van der Waals surface area contributed by atoms with E-state index in [-0.39, 0.29) is 23.4 Å². The van der Waals surface area contributed by atoms with Crippen molar-refractivity contribution in [1.82, 2.24) is 14.5 Å². The maximum Gasteiger partial charge on any atom is 0.261 e. The third-order valence-electron chi connectivity index (χ3n) is 6.15. The molecular weight excluding hydrogens is 338 g/mol. The van der Waals surface area contributed by atoms with Crippen molar-refractivity contribution in [2.45, 2.75) is 65.5 Å². The summed E-state index contributed by atoms with van der Waals surface area (Å²) < 4.78 is 2.30. The number of carbonyl (C=O) groups excluding carboxylic acids is 1. The Morgan fingerprint density at radius 1 is 1.15 bits per heavy atom. The summed E-state index contributed by atoms with van der Waals surface area (Å²) >= 11 is 0. The van der Waals surface area contributed by atoms with Gasteiger partial charge in [0, 0.05) is 30.2 Å². The maximum atomic E-state index is 13.4. The second-order valence-corrected chi connectivity index (χ2v) is 8.32. The van der Waals surface area contributed by atoms with Gasteiger partial charge in [-0.2, -0.15) is 0 Å². The number of pyridine rings is 1. The van der Waals surface area contributed by atoms with Crippen LogP contribution in [0.3, 0.4) is 0 Å². The third kappa shape index (κ3) is 3.13. The van der Waals surface area contributed by atoms with E-state index in [9.17, 15) is 9.59 Å². The largest absolute Gasteiger partial charge is 0.345 e. The number of aromatic amines is 1. The van der Waals surface area contributed by atoms with Gasteiger partial charge in [0.25, 0.3) is 11.5 Å². The van der Waals surface area contributed by atoms with Gasteiger partial charge in [-0.25, -0.2) is 0 Å². The van der Waals surface area contributed by atoms with Gasteiger partial charge in [0.15, 0.2) is 0 Å². The van der Waals surface area contributed by atoms with Crippen LogP contribution in [0, 0.1) is 12.8 Å². The molecule has 2 aromatic rings. The second-order valence-electron chi connectivity index (χ2n) is 8.32. The summed E-state index contributed by atoms with van der Waals surface area (Å²) in [7, 11) is 0. The first-order chi connectivity index (χ1) is 13.0. The summed E-state index contributed by atoms with van der Waals surface area (Å²) in [6.07, 6.45) is 5.26. The number of H-pyrrole nitrogens is 1. The van der Waals surface area contributed by atoms with Crippen LogP contribution in [0.15, 0.2) is 23.0 Å². The number of aryl methyl sites for hydroxylation is 3. The summed E-state index contributed by atoms with van der Waals surface area (Å²) in [5.41, 5.74) is 4.64. The average Bonchev–Trinajstić information content (AvgIpc) is 2.87. The number of hydrogen-bond donors (Lipinski definition) is 1. The first-order valence-corrected chi connectivity index (χ1v) is 10.2. The van der Waals surface area contributed by atoms with Gasteiger partial charge in [-0.1, -0.05) is 20.3 Å². The van der Waals surface area contributed by atoms with E-state index in [1.165, 1.54) is 17.8 Å². The van der Waals surface area contributed by atoms with Crippen LogP contribution in [0.25, 0.3) is 0 Å². The van der Waals surface area contributed by atoms with Crippen molar-refractivity contribution in [2.24, 2.45) is 5.92 Å². The molecule has 0 saturated heterocycles. The predicted octanol–water partition coefficient (Wildman–Crippen LogP) is 3.61. The summed E-state index contributed by atoms with van der Waals surface area (Å²) in [6, 6.07) is 6.12. The fraction of sp³-hybridized carbons (Fsp3) is 0.545. The standard InChI is InChI=1S/C22H29N3O2/c1-14(2)20-19-10-9-15(3)24(19)11-12-25(20)22(27)17-13-16-7-5-4-6-8-18(16)23-21(17)26/h9-10,13-14,20H,4-8,11-12H2,1-3H3,(H,23,26)/t20-/m1/s1. The molecule has 2 aliphatic rings. The summed E-state index contributed by atoms with van der Waals surface area (Å²) in [4.78, 5) is 31.1. The zero-order valence-electron chi connectivity index (χ0n) is 16.5. The molecule has 4 rings (SSSR count). The molecule has 0 radical (unpaired) electrons. The van der Waals surface area contributed by atoms with Crippen molar-refractivity contribution in [1.29, 1.82) is 0 Å². The van der Waals surface area contributed by atoms with E-state index < -0.39 is 0 Å². The highest BCUT2D eigenvalue weighted by molar-refractivity contribution is 5.94. The lowest BCUT2D eigenvalue weighted by Crippen LogP contribution is -2.45. The Hall–Kier alpha value is -2.30. The molecule has 5 nitrogen and oxygen atoms in total. The van der Waals surface area contributed by atoms with Crippen LogP contribution in [-0.4, -0.2) is 26.9 Å². The molecule has 0 bridgehead atoms. The van der Waals surface area contributed by atoms with Gasteiger partial charge in [0.05, 0.1) is 6.04 Å². The molecule has 2 aromatic heterocycles. The quantitative estimate of drug-likeness (QED) is 0.825. The maximum absolute atomic E-state index is 13.4. The van der Waals surface area contributed by atoms with Crippen molar-refractivity contribution >= 4 is 5.91 Å². The van der Waals surface area contributed by atoms with Crippen LogP contribution < -0.4 is 5.56 Å². The zero-order valence-corrected chi connectivity index (χ0v) is 16.5. The van der Waals surface area contributed by atoms with E-state index >= 15 is 0 Å². The molecule has 144 valence electrons. The molecule has 0 aromatic carbocycles. The van der Waals surface area contributed by atoms with Crippen LogP contribution in [-0.2, 0) is 19.4 Å². The van der Waals surface area contributed by atoms with E-state index in [1.54, 1.807) is 0 Å². The highest BCUT2D eigenvalue weighted by atomic mass is 16.2. The molecule has 0 fully saturated rings. The van der Waals surface area contributed by atoms with Crippen LogP contribution in [0.5, 0.6) is 0 Å². The topological polar surface area (TPSA) is 58.1 Å². The Morgan fingerprint density at radius 3 is 2.70 bits per heavy atom. The van der Waals surface area contributed by atoms with Crippen LogP contribution in [0.4, 0.5) is 0 Å². The van der Waals surface area contributed by atoms with Crippen molar-refractivity contribution in [2.75, 3.05) is 6.54 Å². The van der Waals surface area contributed by atoms with Crippen molar-refractivity contribution < 1.29 is 4.79 Å². The Bertz CT molecular complexity index is 922. The summed E-state index contributed by atoms with van der Waals surface area (Å²) in [6.45, 7) is 7.82. The van der Waals surface area contributed by atoms with Crippen LogP contribution in [0.1, 0.15) is 72.2 Å². The Morgan fingerprint density at radius 2 is 1.93 bits per heavy atom. The van der Waals surface area contributed by atoms with Crippen LogP contribution >= 0.6 is 0 Å². The minimum Gasteiger partial charge on any atom is -0.345 e. The van der Waals surface area contributed by atoms with Crippen LogP contribution in [0.2, 0.25) is 0 Å². The first kappa shape index (κ1) is 18.1. The Labute approximate surface area is 160 Å². The molecule has 1 atom stereocenters. The molecule has 1 aliphatic carbocycles. The second kappa shape index (κ2) is 7.02. The number of nitrogens with one attached hydrogen (secondary N) is 1. The number of carbonyl (C=O) groups is 1. The number of rotatable bonds is 2. The first-order valence-electron chi connectivity index (χ1n) is 10.2. The van der Waals surface area contributed by atoms with Gasteiger partial charge in [0.1, 0.15) is 5.56 Å². The van der Waals surface area contributed by atoms with E-state index in [0.29, 0.717) is 12.1 Å². The lowest BCUT2D eigenvalue weighted by molar-refractivity contribution is 0.0553. The fourth-order valence-electron chi connectivity index (χ4n) is 4.75. The number of fused-ring (bicyclic) bond motifs is 2. The van der Waals surface area contributed by atoms with Gasteiger partial charge < -0.3 is 14.5 Å². The number of nitrogens with zero attached hydrogens (tertiary/aromatic N) is 2. The smallest absolute Gasteiger partial charge is 0.261 e. The molecule has 1 aliphatic heterocycles. The number of hydrogen-bond acceptors (Lipinski definition) is 2. The van der Waals surface area contributed by atoms with Crippen molar-refractivity contribution in [3.63, 3.8) is 0 Å². The zero-order chi connectivity index (χ0) is 19.1. The summed E-state index contributed by atoms with van der Waals surface area (Å²) in [5.74, 6) is 0.148. The molecule has 5 heteroatoms. The fourth-order valence-corrected chi connectivity index (χ4v) is 4.75. The molecular formula is C22H29N3O2.